The Balaban J connectivity index is 1.42. The summed E-state index contributed by atoms with van der Waals surface area (Å²) >= 11 is 0. The molecule has 0 unspecified atom stereocenters. The van der Waals surface area contributed by atoms with Crippen LogP contribution >= 0.6 is 0 Å². The van der Waals surface area contributed by atoms with Gasteiger partial charge in [0.2, 0.25) is 5.75 Å². The van der Waals surface area contributed by atoms with Crippen molar-refractivity contribution in [1.29, 1.82) is 0 Å². The van der Waals surface area contributed by atoms with Crippen LogP contribution in [0.15, 0.2) is 84.9 Å². The summed E-state index contributed by atoms with van der Waals surface area (Å²) in [6.45, 7) is 10.4. The fourth-order valence-corrected chi connectivity index (χ4v) is 8.81. The minimum atomic E-state index is -0.485. The summed E-state index contributed by atoms with van der Waals surface area (Å²) in [7, 11) is 0. The van der Waals surface area contributed by atoms with E-state index in [2.05, 4.69) is 20.8 Å². The molecule has 0 heterocycles. The number of carbonyl (C=O) groups excluding carboxylic acids is 2. The summed E-state index contributed by atoms with van der Waals surface area (Å²) < 4.78 is 31.2. The molecule has 0 aliphatic carbocycles. The summed E-state index contributed by atoms with van der Waals surface area (Å²) in [6.07, 6.45) is 37.5. The first kappa shape index (κ1) is 57.8. The largest absolute Gasteiger partial charge is 0.490 e. The van der Waals surface area contributed by atoms with E-state index < -0.39 is 11.9 Å². The highest BCUT2D eigenvalue weighted by atomic mass is 16.5. The van der Waals surface area contributed by atoms with Crippen LogP contribution < -0.4 is 23.7 Å². The number of hydrogen-bond acceptors (Lipinski definition) is 7. The number of benzene rings is 4. The van der Waals surface area contributed by atoms with Crippen molar-refractivity contribution in [2.45, 2.75) is 220 Å². The smallest absolute Gasteiger partial charge is 0.343 e. The monoisotopic (exact) mass is 961 g/mol. The molecule has 0 bridgehead atoms. The van der Waals surface area contributed by atoms with E-state index in [1.54, 1.807) is 48.5 Å². The molecule has 0 atom stereocenters. The van der Waals surface area contributed by atoms with E-state index in [-0.39, 0.29) is 0 Å². The van der Waals surface area contributed by atoms with E-state index >= 15 is 0 Å². The number of rotatable bonds is 41. The molecule has 386 valence electrons. The molecule has 0 amide bonds. The lowest BCUT2D eigenvalue weighted by atomic mass is 10.1. The van der Waals surface area contributed by atoms with Crippen LogP contribution in [0.25, 0.3) is 11.1 Å². The molecule has 0 aliphatic heterocycles. The van der Waals surface area contributed by atoms with Gasteiger partial charge in [0.1, 0.15) is 11.5 Å². The van der Waals surface area contributed by atoms with Gasteiger partial charge >= 0.3 is 11.9 Å². The highest BCUT2D eigenvalue weighted by molar-refractivity contribution is 5.93. The topological polar surface area (TPSA) is 80.3 Å². The minimum Gasteiger partial charge on any atom is -0.490 e. The third-order valence-corrected chi connectivity index (χ3v) is 13.3. The molecule has 0 radical (unpaired) electrons. The Morgan fingerprint density at radius 2 is 0.643 bits per heavy atom. The van der Waals surface area contributed by atoms with E-state index in [4.69, 9.17) is 23.7 Å². The quantitative estimate of drug-likeness (QED) is 0.0249. The third-order valence-electron chi connectivity index (χ3n) is 13.3. The summed E-state index contributed by atoms with van der Waals surface area (Å²) in [5.41, 5.74) is 3.82. The highest BCUT2D eigenvalue weighted by Crippen LogP contribution is 2.40. The van der Waals surface area contributed by atoms with Crippen LogP contribution in [-0.2, 0) is 0 Å². The van der Waals surface area contributed by atoms with Gasteiger partial charge in [-0.05, 0) is 85.8 Å². The second-order valence-corrected chi connectivity index (χ2v) is 19.6. The van der Waals surface area contributed by atoms with Crippen molar-refractivity contribution < 1.29 is 33.3 Å². The van der Waals surface area contributed by atoms with Crippen LogP contribution in [0.3, 0.4) is 0 Å². The zero-order valence-electron chi connectivity index (χ0n) is 44.3. The van der Waals surface area contributed by atoms with Crippen LogP contribution in [0.4, 0.5) is 0 Å². The van der Waals surface area contributed by atoms with E-state index in [0.29, 0.717) is 59.7 Å². The first-order valence-corrected chi connectivity index (χ1v) is 28.2. The number of ether oxygens (including phenoxy) is 5. The SMILES string of the molecule is CCCCCCCCCCCCOc1cc(C(=O)Oc2ccc(-c3ccc(OC(=O)c4ccc(C)cc4)cc3)cc2)cc(OCCCCCCCCCCCC)c1OCCCCCCCCCCCC. The van der Waals surface area contributed by atoms with Crippen molar-refractivity contribution in [2.75, 3.05) is 19.8 Å². The maximum Gasteiger partial charge on any atom is 0.343 e. The zero-order chi connectivity index (χ0) is 49.7. The van der Waals surface area contributed by atoms with Crippen LogP contribution in [-0.4, -0.2) is 31.8 Å². The molecule has 0 saturated heterocycles. The predicted molar refractivity (Wildman–Crippen MR) is 291 cm³/mol. The second-order valence-electron chi connectivity index (χ2n) is 19.6. The third kappa shape index (κ3) is 24.4. The fraction of sp³-hybridized carbons (Fsp3) is 0.587. The molecular formula is C63H92O7. The lowest BCUT2D eigenvalue weighted by molar-refractivity contribution is 0.0724. The summed E-state index contributed by atoms with van der Waals surface area (Å²) in [4.78, 5) is 26.6. The van der Waals surface area contributed by atoms with Crippen molar-refractivity contribution in [3.63, 3.8) is 0 Å². The van der Waals surface area contributed by atoms with Crippen molar-refractivity contribution in [2.24, 2.45) is 0 Å². The lowest BCUT2D eigenvalue weighted by Gasteiger charge is -2.19. The zero-order valence-corrected chi connectivity index (χ0v) is 44.3. The molecule has 0 saturated carbocycles. The molecule has 4 rings (SSSR count). The van der Waals surface area contributed by atoms with Gasteiger partial charge in [-0.2, -0.15) is 0 Å². The molecule has 4 aromatic carbocycles. The number of aryl methyl sites for hydroxylation is 1. The number of esters is 2. The average molecular weight is 961 g/mol. The van der Waals surface area contributed by atoms with Crippen LogP contribution in [0, 0.1) is 6.92 Å². The van der Waals surface area contributed by atoms with E-state index in [0.717, 1.165) is 55.2 Å². The van der Waals surface area contributed by atoms with Crippen LogP contribution in [0.5, 0.6) is 28.7 Å². The van der Waals surface area contributed by atoms with Crippen LogP contribution in [0.2, 0.25) is 0 Å². The van der Waals surface area contributed by atoms with Gasteiger partial charge in [0.25, 0.3) is 0 Å². The van der Waals surface area contributed by atoms with Crippen molar-refractivity contribution >= 4 is 11.9 Å². The van der Waals surface area contributed by atoms with Gasteiger partial charge in [0.05, 0.1) is 30.9 Å². The number of carbonyl (C=O) groups is 2. The molecule has 0 spiro atoms. The van der Waals surface area contributed by atoms with Gasteiger partial charge in [-0.25, -0.2) is 9.59 Å². The van der Waals surface area contributed by atoms with E-state index in [1.807, 2.05) is 43.3 Å². The second kappa shape index (κ2) is 37.1. The first-order chi connectivity index (χ1) is 34.4. The van der Waals surface area contributed by atoms with Crippen LogP contribution in [0.1, 0.15) is 240 Å². The molecule has 0 aliphatic rings. The Hall–Kier alpha value is -4.78. The molecule has 7 heteroatoms. The van der Waals surface area contributed by atoms with E-state index in [9.17, 15) is 9.59 Å². The van der Waals surface area contributed by atoms with Gasteiger partial charge in [0, 0.05) is 0 Å². The molecule has 7 nitrogen and oxygen atoms in total. The standard InChI is InChI=1S/C63H92O7/c1-5-8-11-14-17-20-23-26-29-32-47-66-59-50-56(63(65)70-58-45-41-54(42-46-58)53-39-43-57(44-40-53)69-62(64)55-37-35-52(4)36-38-55)51-60(67-48-33-30-27-24-21-18-15-12-9-6-2)61(59)68-49-34-31-28-25-22-19-16-13-10-7-3/h35-46,50-51H,5-34,47-49H2,1-4H3. The van der Waals surface area contributed by atoms with Crippen molar-refractivity contribution in [3.05, 3.63) is 102 Å². The number of hydrogen-bond donors (Lipinski definition) is 0. The fourth-order valence-electron chi connectivity index (χ4n) is 8.81. The molecule has 0 N–H and O–H groups in total. The first-order valence-electron chi connectivity index (χ1n) is 28.2. The lowest BCUT2D eigenvalue weighted by Crippen LogP contribution is -2.12. The van der Waals surface area contributed by atoms with Gasteiger partial charge in [-0.15, -0.1) is 0 Å². The van der Waals surface area contributed by atoms with Gasteiger partial charge in [-0.3, -0.25) is 0 Å². The Bertz CT molecular complexity index is 1910. The molecule has 0 aromatic heterocycles. The average Bonchev–Trinajstić information content (AvgIpc) is 3.37. The molecular weight excluding hydrogens is 869 g/mol. The Morgan fingerprint density at radius 3 is 0.986 bits per heavy atom. The van der Waals surface area contributed by atoms with Crippen molar-refractivity contribution in [1.82, 2.24) is 0 Å². The number of unbranched alkanes of at least 4 members (excludes halogenated alkanes) is 27. The Kier molecular flexibility index (Phi) is 30.6. The molecule has 4 aromatic rings. The summed E-state index contributed by atoms with van der Waals surface area (Å²) in [5.74, 6) is 1.69. The Morgan fingerprint density at radius 1 is 0.343 bits per heavy atom. The molecule has 70 heavy (non-hydrogen) atoms. The van der Waals surface area contributed by atoms with Gasteiger partial charge in [0.15, 0.2) is 11.5 Å². The van der Waals surface area contributed by atoms with E-state index in [1.165, 1.54) is 154 Å². The summed E-state index contributed by atoms with van der Waals surface area (Å²) in [6, 6.07) is 25.7. The van der Waals surface area contributed by atoms with Crippen molar-refractivity contribution in [3.8, 4) is 39.9 Å². The van der Waals surface area contributed by atoms with Gasteiger partial charge in [-0.1, -0.05) is 236 Å². The molecule has 0 fully saturated rings. The highest BCUT2D eigenvalue weighted by Gasteiger charge is 2.21. The summed E-state index contributed by atoms with van der Waals surface area (Å²) in [5, 5.41) is 0. The Labute approximate surface area is 425 Å². The maximum absolute atomic E-state index is 14.0. The maximum atomic E-state index is 14.0. The van der Waals surface area contributed by atoms with Gasteiger partial charge < -0.3 is 23.7 Å². The normalized spacial score (nSPS) is 11.1. The minimum absolute atomic E-state index is 0.363. The predicted octanol–water partition coefficient (Wildman–Crippen LogP) is 19.0.